The second kappa shape index (κ2) is 10.7. The van der Waals surface area contributed by atoms with Gasteiger partial charge in [0.2, 0.25) is 11.8 Å². The number of amides is 2. The number of hydrogen-bond donors (Lipinski definition) is 3. The summed E-state index contributed by atoms with van der Waals surface area (Å²) in [6.07, 6.45) is -0.442. The van der Waals surface area contributed by atoms with Crippen LogP contribution < -0.4 is 10.6 Å². The van der Waals surface area contributed by atoms with E-state index in [2.05, 4.69) is 10.6 Å². The van der Waals surface area contributed by atoms with Crippen molar-refractivity contribution in [3.8, 4) is 0 Å². The summed E-state index contributed by atoms with van der Waals surface area (Å²) in [6.45, 7) is 1.19. The van der Waals surface area contributed by atoms with E-state index in [-0.39, 0.29) is 17.7 Å². The first-order valence-corrected chi connectivity index (χ1v) is 11.1. The predicted molar refractivity (Wildman–Crippen MR) is 110 cm³/mol. The van der Waals surface area contributed by atoms with E-state index >= 15 is 0 Å². The van der Waals surface area contributed by atoms with Gasteiger partial charge in [-0.25, -0.2) is 17.6 Å². The highest BCUT2D eigenvalue weighted by atomic mass is 32.2. The van der Waals surface area contributed by atoms with E-state index in [1.807, 2.05) is 0 Å². The van der Waals surface area contributed by atoms with Crippen LogP contribution in [0.15, 0.2) is 59.5 Å². The minimum Gasteiger partial charge on any atom is -0.480 e. The molecule has 0 saturated carbocycles. The van der Waals surface area contributed by atoms with E-state index in [4.69, 9.17) is 0 Å². The molecule has 3 N–H and O–H groups in total. The van der Waals surface area contributed by atoms with Crippen LogP contribution in [0, 0.1) is 5.82 Å². The average Bonchev–Trinajstić information content (AvgIpc) is 2.70. The Morgan fingerprint density at radius 3 is 2.26 bits per heavy atom. The normalized spacial score (nSPS) is 13.1. The molecular weight excluding hydrogens is 427 g/mol. The molecule has 0 spiro atoms. The molecule has 2 amide bonds. The van der Waals surface area contributed by atoms with Crippen molar-refractivity contribution in [1.29, 1.82) is 0 Å². The van der Waals surface area contributed by atoms with Gasteiger partial charge >= 0.3 is 5.97 Å². The third-order valence-electron chi connectivity index (χ3n) is 4.42. The van der Waals surface area contributed by atoms with Crippen molar-refractivity contribution in [2.75, 3.05) is 5.75 Å². The van der Waals surface area contributed by atoms with Crippen LogP contribution in [0.1, 0.15) is 18.9 Å². The first-order valence-electron chi connectivity index (χ1n) is 9.41. The lowest BCUT2D eigenvalue weighted by Crippen LogP contribution is -2.52. The van der Waals surface area contributed by atoms with Crippen molar-refractivity contribution in [3.05, 3.63) is 66.0 Å². The Morgan fingerprint density at radius 1 is 1.00 bits per heavy atom. The number of carboxylic acids is 1. The quantitative estimate of drug-likeness (QED) is 0.500. The second-order valence-electron chi connectivity index (χ2n) is 6.91. The smallest absolute Gasteiger partial charge is 0.326 e. The summed E-state index contributed by atoms with van der Waals surface area (Å²) >= 11 is 0. The highest BCUT2D eigenvalue weighted by Crippen LogP contribution is 2.13. The minimum absolute atomic E-state index is 0.0488. The third-order valence-corrected chi connectivity index (χ3v) is 6.18. The minimum atomic E-state index is -3.74. The maximum atomic E-state index is 13.4. The molecule has 0 bridgehead atoms. The molecule has 0 aromatic heterocycles. The van der Waals surface area contributed by atoms with E-state index in [0.29, 0.717) is 5.56 Å². The Bertz CT molecular complexity index is 1040. The molecule has 0 aliphatic heterocycles. The standard InChI is InChI=1S/C21H23FN2O6S/c1-14(25)23-19(13-15-6-5-7-16(22)12-15)20(26)24-18(21(27)28)10-11-31(29,30)17-8-3-2-4-9-17/h2-9,12,18-19H,10-11,13H2,1H3,(H,23,25)(H,24,26)(H,27,28)/t18-,19+/m1/s1. The maximum Gasteiger partial charge on any atom is 0.326 e. The number of aliphatic carboxylic acids is 1. The topological polar surface area (TPSA) is 130 Å². The number of nitrogens with one attached hydrogen (secondary N) is 2. The molecule has 166 valence electrons. The number of halogens is 1. The Labute approximate surface area is 179 Å². The summed E-state index contributed by atoms with van der Waals surface area (Å²) in [6, 6.07) is 10.3. The number of rotatable bonds is 10. The Kier molecular flexibility index (Phi) is 8.26. The zero-order valence-corrected chi connectivity index (χ0v) is 17.6. The molecule has 8 nitrogen and oxygen atoms in total. The van der Waals surface area contributed by atoms with Crippen molar-refractivity contribution in [2.24, 2.45) is 0 Å². The Morgan fingerprint density at radius 2 is 1.68 bits per heavy atom. The fourth-order valence-corrected chi connectivity index (χ4v) is 4.26. The van der Waals surface area contributed by atoms with Gasteiger partial charge in [-0.05, 0) is 36.2 Å². The molecule has 2 atom stereocenters. The molecule has 0 saturated heterocycles. The van der Waals surface area contributed by atoms with Crippen LogP contribution >= 0.6 is 0 Å². The van der Waals surface area contributed by atoms with Gasteiger partial charge in [0.1, 0.15) is 17.9 Å². The third kappa shape index (κ3) is 7.49. The molecular formula is C21H23FN2O6S. The van der Waals surface area contributed by atoms with E-state index in [9.17, 15) is 32.3 Å². The molecule has 0 unspecified atom stereocenters. The number of carboxylic acid groups (broad SMARTS) is 1. The van der Waals surface area contributed by atoms with Crippen molar-refractivity contribution < 1.29 is 32.3 Å². The van der Waals surface area contributed by atoms with Gasteiger partial charge in [-0.1, -0.05) is 30.3 Å². The molecule has 2 aromatic rings. The number of sulfone groups is 1. The largest absolute Gasteiger partial charge is 0.480 e. The molecule has 31 heavy (non-hydrogen) atoms. The van der Waals surface area contributed by atoms with Crippen molar-refractivity contribution in [2.45, 2.75) is 36.7 Å². The van der Waals surface area contributed by atoms with E-state index in [1.54, 1.807) is 24.3 Å². The van der Waals surface area contributed by atoms with Gasteiger partial charge in [0.25, 0.3) is 0 Å². The van der Waals surface area contributed by atoms with Gasteiger partial charge in [0.05, 0.1) is 10.6 Å². The summed E-state index contributed by atoms with van der Waals surface area (Å²) in [4.78, 5) is 35.8. The fourth-order valence-electron chi connectivity index (χ4n) is 2.90. The lowest BCUT2D eigenvalue weighted by molar-refractivity contribution is -0.142. The Hall–Kier alpha value is -3.27. The van der Waals surface area contributed by atoms with Gasteiger partial charge < -0.3 is 15.7 Å². The van der Waals surface area contributed by atoms with Crippen molar-refractivity contribution in [3.63, 3.8) is 0 Å². The average molecular weight is 450 g/mol. The lowest BCUT2D eigenvalue weighted by Gasteiger charge is -2.21. The number of hydrogen-bond acceptors (Lipinski definition) is 5. The van der Waals surface area contributed by atoms with Gasteiger partial charge in [-0.2, -0.15) is 0 Å². The molecule has 2 aromatic carbocycles. The van der Waals surface area contributed by atoms with Gasteiger partial charge in [-0.3, -0.25) is 9.59 Å². The number of benzene rings is 2. The molecule has 0 heterocycles. The Balaban J connectivity index is 2.10. The van der Waals surface area contributed by atoms with Gasteiger partial charge in [-0.15, -0.1) is 0 Å². The monoisotopic (exact) mass is 450 g/mol. The molecule has 0 aliphatic rings. The molecule has 0 aliphatic carbocycles. The number of carbonyl (C=O) groups is 3. The molecule has 0 radical (unpaired) electrons. The highest BCUT2D eigenvalue weighted by Gasteiger charge is 2.28. The molecule has 2 rings (SSSR count). The predicted octanol–water partition coefficient (Wildman–Crippen LogP) is 1.31. The van der Waals surface area contributed by atoms with Gasteiger partial charge in [0, 0.05) is 13.3 Å². The van der Waals surface area contributed by atoms with Gasteiger partial charge in [0.15, 0.2) is 9.84 Å². The van der Waals surface area contributed by atoms with Crippen LogP contribution in [-0.2, 0) is 30.6 Å². The highest BCUT2D eigenvalue weighted by molar-refractivity contribution is 7.91. The summed E-state index contributed by atoms with van der Waals surface area (Å²) in [5.41, 5.74) is 0.424. The number of carbonyl (C=O) groups excluding carboxylic acids is 2. The summed E-state index contributed by atoms with van der Waals surface area (Å²) in [7, 11) is -3.74. The zero-order valence-electron chi connectivity index (χ0n) is 16.7. The van der Waals surface area contributed by atoms with Crippen LogP contribution in [-0.4, -0.2) is 49.1 Å². The SMILES string of the molecule is CC(=O)N[C@@H](Cc1cccc(F)c1)C(=O)N[C@H](CCS(=O)(=O)c1ccccc1)C(=O)O. The fraction of sp³-hybridized carbons (Fsp3) is 0.286. The van der Waals surface area contributed by atoms with E-state index < -0.39 is 51.3 Å². The van der Waals surface area contributed by atoms with Crippen LogP contribution in [0.25, 0.3) is 0 Å². The lowest BCUT2D eigenvalue weighted by atomic mass is 10.0. The first kappa shape index (κ1) is 24.0. The van der Waals surface area contributed by atoms with Crippen LogP contribution in [0.4, 0.5) is 4.39 Å². The molecule has 0 fully saturated rings. The maximum absolute atomic E-state index is 13.4. The van der Waals surface area contributed by atoms with Crippen LogP contribution in [0.5, 0.6) is 0 Å². The summed E-state index contributed by atoms with van der Waals surface area (Å²) in [5.74, 6) is -3.78. The molecule has 10 heteroatoms. The first-order chi connectivity index (χ1) is 14.6. The summed E-state index contributed by atoms with van der Waals surface area (Å²) < 4.78 is 38.2. The van der Waals surface area contributed by atoms with E-state index in [1.165, 1.54) is 37.3 Å². The van der Waals surface area contributed by atoms with Crippen molar-refractivity contribution in [1.82, 2.24) is 10.6 Å². The van der Waals surface area contributed by atoms with Crippen LogP contribution in [0.3, 0.4) is 0 Å². The second-order valence-corrected chi connectivity index (χ2v) is 9.02. The zero-order chi connectivity index (χ0) is 23.0. The van der Waals surface area contributed by atoms with Crippen molar-refractivity contribution >= 4 is 27.6 Å². The summed E-state index contributed by atoms with van der Waals surface area (Å²) in [5, 5.41) is 14.1. The van der Waals surface area contributed by atoms with Crippen LogP contribution in [0.2, 0.25) is 0 Å². The van der Waals surface area contributed by atoms with E-state index in [0.717, 1.165) is 0 Å².